The lowest BCUT2D eigenvalue weighted by Crippen LogP contribution is -2.25. The van der Waals surface area contributed by atoms with Gasteiger partial charge in [-0.3, -0.25) is 0 Å². The number of thiophene rings is 1. The quantitative estimate of drug-likeness (QED) is 0.748. The van der Waals surface area contributed by atoms with E-state index in [9.17, 15) is 8.42 Å². The molecule has 0 aliphatic rings. The van der Waals surface area contributed by atoms with E-state index >= 15 is 0 Å². The molecule has 6 nitrogen and oxygen atoms in total. The summed E-state index contributed by atoms with van der Waals surface area (Å²) >= 11 is 1.42. The molecule has 0 atom stereocenters. The van der Waals surface area contributed by atoms with Crippen LogP contribution in [0.4, 0.5) is 0 Å². The first-order valence-corrected chi connectivity index (χ1v) is 8.57. The highest BCUT2D eigenvalue weighted by atomic mass is 32.2. The van der Waals surface area contributed by atoms with Gasteiger partial charge in [-0.15, -0.1) is 11.3 Å². The summed E-state index contributed by atoms with van der Waals surface area (Å²) in [5.74, 6) is 0. The number of hydrogen-bond donors (Lipinski definition) is 2. The summed E-state index contributed by atoms with van der Waals surface area (Å²) in [5, 5.41) is 0. The van der Waals surface area contributed by atoms with Gasteiger partial charge in [0.25, 0.3) is 0 Å². The second kappa shape index (κ2) is 6.49. The highest BCUT2D eigenvalue weighted by Gasteiger charge is 2.18. The van der Waals surface area contributed by atoms with Gasteiger partial charge in [0.15, 0.2) is 0 Å². The van der Waals surface area contributed by atoms with Crippen LogP contribution in [0, 0.1) is 6.92 Å². The van der Waals surface area contributed by atoms with Crippen molar-refractivity contribution in [1.29, 1.82) is 0 Å². The van der Waals surface area contributed by atoms with Crippen LogP contribution in [0.3, 0.4) is 0 Å². The fraction of sp³-hybridized carbons (Fsp3) is 0.417. The molecule has 0 spiro atoms. The lowest BCUT2D eigenvalue weighted by Gasteiger charge is -2.06. The average Bonchev–Trinajstić information content (AvgIpc) is 3.04. The molecule has 2 heterocycles. The molecule has 0 fully saturated rings. The van der Waals surface area contributed by atoms with Crippen LogP contribution >= 0.6 is 11.3 Å². The first-order chi connectivity index (χ1) is 9.53. The predicted molar refractivity (Wildman–Crippen MR) is 79.0 cm³/mol. The number of sulfonamides is 1. The van der Waals surface area contributed by atoms with Crippen molar-refractivity contribution in [3.05, 3.63) is 34.5 Å². The third-order valence-corrected chi connectivity index (χ3v) is 5.65. The van der Waals surface area contributed by atoms with Crippen molar-refractivity contribution >= 4 is 21.4 Å². The number of rotatable bonds is 7. The zero-order chi connectivity index (χ0) is 14.6. The molecule has 0 aliphatic carbocycles. The van der Waals surface area contributed by atoms with E-state index in [2.05, 4.69) is 9.71 Å². The molecule has 2 aromatic heterocycles. The Bertz CT molecular complexity index is 647. The van der Waals surface area contributed by atoms with E-state index < -0.39 is 10.0 Å². The molecule has 2 aromatic rings. The molecule has 0 radical (unpaired) electrons. The van der Waals surface area contributed by atoms with Gasteiger partial charge in [-0.1, -0.05) is 0 Å². The Morgan fingerprint density at radius 3 is 2.90 bits per heavy atom. The standard InChI is InChI=1S/C12H18N4O2S2/c1-10-12(7-11(8-13)19-10)20(17,18)15-3-2-5-16-6-4-14-9-16/h4,6-7,9,15H,2-3,5,8,13H2,1H3. The molecule has 110 valence electrons. The van der Waals surface area contributed by atoms with E-state index in [0.29, 0.717) is 24.4 Å². The Labute approximate surface area is 122 Å². The summed E-state index contributed by atoms with van der Waals surface area (Å²) in [7, 11) is -3.44. The van der Waals surface area contributed by atoms with Crippen molar-refractivity contribution in [2.45, 2.75) is 31.3 Å². The summed E-state index contributed by atoms with van der Waals surface area (Å²) in [6, 6.07) is 1.65. The summed E-state index contributed by atoms with van der Waals surface area (Å²) in [6.07, 6.45) is 5.98. The maximum Gasteiger partial charge on any atom is 0.241 e. The van der Waals surface area contributed by atoms with Crippen LogP contribution in [0.1, 0.15) is 16.2 Å². The maximum absolute atomic E-state index is 12.2. The molecule has 2 rings (SSSR count). The predicted octanol–water partition coefficient (Wildman–Crippen LogP) is 1.08. The average molecular weight is 314 g/mol. The van der Waals surface area contributed by atoms with Crippen LogP contribution in [0.5, 0.6) is 0 Å². The molecule has 20 heavy (non-hydrogen) atoms. The SMILES string of the molecule is Cc1sc(CN)cc1S(=O)(=O)NCCCn1ccnc1. The summed E-state index contributed by atoms with van der Waals surface area (Å²) in [4.78, 5) is 5.92. The van der Waals surface area contributed by atoms with Crippen LogP contribution < -0.4 is 10.5 Å². The van der Waals surface area contributed by atoms with Gasteiger partial charge in [-0.25, -0.2) is 18.1 Å². The lowest BCUT2D eigenvalue weighted by molar-refractivity contribution is 0.569. The van der Waals surface area contributed by atoms with E-state index in [0.717, 1.165) is 16.3 Å². The fourth-order valence-electron chi connectivity index (χ4n) is 1.86. The molecule has 0 unspecified atom stereocenters. The van der Waals surface area contributed by atoms with Gasteiger partial charge in [0.2, 0.25) is 10.0 Å². The second-order valence-corrected chi connectivity index (χ2v) is 7.47. The van der Waals surface area contributed by atoms with Gasteiger partial charge >= 0.3 is 0 Å². The monoisotopic (exact) mass is 314 g/mol. The number of nitrogens with zero attached hydrogens (tertiary/aromatic N) is 2. The smallest absolute Gasteiger partial charge is 0.241 e. The number of aromatic nitrogens is 2. The Hall–Kier alpha value is -1.22. The van der Waals surface area contributed by atoms with Crippen molar-refractivity contribution in [2.75, 3.05) is 6.54 Å². The molecule has 8 heteroatoms. The minimum absolute atomic E-state index is 0.339. The summed E-state index contributed by atoms with van der Waals surface area (Å²) in [5.41, 5.74) is 5.54. The fourth-order valence-corrected chi connectivity index (χ4v) is 4.44. The Morgan fingerprint density at radius 1 is 1.50 bits per heavy atom. The van der Waals surface area contributed by atoms with Gasteiger partial charge in [0.05, 0.1) is 11.2 Å². The van der Waals surface area contributed by atoms with Crippen molar-refractivity contribution in [3.63, 3.8) is 0 Å². The molecule has 0 saturated carbocycles. The maximum atomic E-state index is 12.2. The van der Waals surface area contributed by atoms with Crippen molar-refractivity contribution < 1.29 is 8.42 Å². The molecule has 3 N–H and O–H groups in total. The normalized spacial score (nSPS) is 11.9. The molecule has 0 bridgehead atoms. The molecular weight excluding hydrogens is 296 g/mol. The largest absolute Gasteiger partial charge is 0.337 e. The van der Waals surface area contributed by atoms with E-state index in [1.165, 1.54) is 11.3 Å². The molecule has 0 saturated heterocycles. The molecule has 0 aromatic carbocycles. The number of nitrogens with one attached hydrogen (secondary N) is 1. The Kier molecular flexibility index (Phi) is 4.92. The van der Waals surface area contributed by atoms with Crippen molar-refractivity contribution in [1.82, 2.24) is 14.3 Å². The minimum atomic E-state index is -3.44. The van der Waals surface area contributed by atoms with Crippen LogP contribution in [0.15, 0.2) is 29.7 Å². The first-order valence-electron chi connectivity index (χ1n) is 6.27. The van der Waals surface area contributed by atoms with Crippen LogP contribution in [0.25, 0.3) is 0 Å². The van der Waals surface area contributed by atoms with Gasteiger partial charge in [0, 0.05) is 41.8 Å². The molecular formula is C12H18N4O2S2. The minimum Gasteiger partial charge on any atom is -0.337 e. The number of hydrogen-bond acceptors (Lipinski definition) is 5. The number of imidazole rings is 1. The summed E-state index contributed by atoms with van der Waals surface area (Å²) in [6.45, 7) is 3.29. The van der Waals surface area contributed by atoms with Crippen molar-refractivity contribution in [2.24, 2.45) is 5.73 Å². The van der Waals surface area contributed by atoms with Crippen LogP contribution in [-0.4, -0.2) is 24.5 Å². The van der Waals surface area contributed by atoms with E-state index in [1.54, 1.807) is 25.5 Å². The van der Waals surface area contributed by atoms with Crippen LogP contribution in [0.2, 0.25) is 0 Å². The van der Waals surface area contributed by atoms with Crippen molar-refractivity contribution in [3.8, 4) is 0 Å². The van der Waals surface area contributed by atoms with E-state index in [-0.39, 0.29) is 0 Å². The topological polar surface area (TPSA) is 90.0 Å². The highest BCUT2D eigenvalue weighted by molar-refractivity contribution is 7.89. The Balaban J connectivity index is 1.91. The second-order valence-electron chi connectivity index (χ2n) is 4.39. The van der Waals surface area contributed by atoms with E-state index in [4.69, 9.17) is 5.73 Å². The third kappa shape index (κ3) is 3.66. The Morgan fingerprint density at radius 2 is 2.30 bits per heavy atom. The highest BCUT2D eigenvalue weighted by Crippen LogP contribution is 2.25. The molecule has 0 aliphatic heterocycles. The number of aryl methyl sites for hydroxylation is 2. The van der Waals surface area contributed by atoms with Gasteiger partial charge in [-0.05, 0) is 19.4 Å². The lowest BCUT2D eigenvalue weighted by atomic mass is 10.4. The zero-order valence-electron chi connectivity index (χ0n) is 11.2. The van der Waals surface area contributed by atoms with Gasteiger partial charge in [-0.2, -0.15) is 0 Å². The van der Waals surface area contributed by atoms with E-state index in [1.807, 2.05) is 10.8 Å². The first kappa shape index (κ1) is 15.2. The third-order valence-electron chi connectivity index (χ3n) is 2.86. The molecule has 0 amide bonds. The summed E-state index contributed by atoms with van der Waals surface area (Å²) < 4.78 is 28.9. The zero-order valence-corrected chi connectivity index (χ0v) is 12.9. The van der Waals surface area contributed by atoms with Crippen LogP contribution in [-0.2, 0) is 23.1 Å². The van der Waals surface area contributed by atoms with Gasteiger partial charge < -0.3 is 10.3 Å². The van der Waals surface area contributed by atoms with Gasteiger partial charge in [0.1, 0.15) is 0 Å². The number of nitrogens with two attached hydrogens (primary N) is 1.